The third-order valence-electron chi connectivity index (χ3n) is 5.40. The molecule has 0 saturated heterocycles. The van der Waals surface area contributed by atoms with E-state index < -0.39 is 0 Å². The van der Waals surface area contributed by atoms with Crippen LogP contribution in [0.15, 0.2) is 12.3 Å². The molecule has 0 bridgehead atoms. The molecule has 0 amide bonds. The van der Waals surface area contributed by atoms with Crippen LogP contribution in [0.1, 0.15) is 76.4 Å². The fourth-order valence-corrected chi connectivity index (χ4v) is 4.18. The van der Waals surface area contributed by atoms with Crippen molar-refractivity contribution < 1.29 is 0 Å². The first kappa shape index (κ1) is 15.1. The van der Waals surface area contributed by atoms with Gasteiger partial charge in [-0.25, -0.2) is 0 Å². The second-order valence-corrected chi connectivity index (χ2v) is 7.03. The Morgan fingerprint density at radius 1 is 1.14 bits per heavy atom. The Labute approximate surface area is 129 Å². The second kappa shape index (κ2) is 7.44. The molecule has 0 aliphatic heterocycles. The van der Waals surface area contributed by atoms with Crippen molar-refractivity contribution in [3.63, 3.8) is 0 Å². The molecular weight excluding hydrogens is 258 g/mol. The van der Waals surface area contributed by atoms with Gasteiger partial charge in [0.2, 0.25) is 0 Å². The minimum Gasteiger partial charge on any atom is -0.314 e. The molecule has 21 heavy (non-hydrogen) atoms. The molecule has 0 spiro atoms. The van der Waals surface area contributed by atoms with Gasteiger partial charge >= 0.3 is 0 Å². The SMILES string of the molecule is CCCNC1CCCCC1Cc1ccn(C2CCCC2)n1. The van der Waals surface area contributed by atoms with E-state index >= 15 is 0 Å². The summed E-state index contributed by atoms with van der Waals surface area (Å²) in [5, 5.41) is 8.66. The van der Waals surface area contributed by atoms with Gasteiger partial charge in [0.15, 0.2) is 0 Å². The average Bonchev–Trinajstić information content (AvgIpc) is 3.17. The largest absolute Gasteiger partial charge is 0.314 e. The Morgan fingerprint density at radius 2 is 1.90 bits per heavy atom. The van der Waals surface area contributed by atoms with Gasteiger partial charge in [-0.05, 0) is 57.1 Å². The monoisotopic (exact) mass is 289 g/mol. The topological polar surface area (TPSA) is 29.9 Å². The predicted octanol–water partition coefficient (Wildman–Crippen LogP) is 4.10. The normalized spacial score (nSPS) is 27.3. The highest BCUT2D eigenvalue weighted by Crippen LogP contribution is 2.30. The highest BCUT2D eigenvalue weighted by molar-refractivity contribution is 5.03. The molecule has 3 heteroatoms. The maximum Gasteiger partial charge on any atom is 0.0628 e. The van der Waals surface area contributed by atoms with Gasteiger partial charge in [0.1, 0.15) is 0 Å². The van der Waals surface area contributed by atoms with Gasteiger partial charge in [-0.3, -0.25) is 4.68 Å². The molecule has 2 aliphatic rings. The van der Waals surface area contributed by atoms with E-state index in [9.17, 15) is 0 Å². The summed E-state index contributed by atoms with van der Waals surface area (Å²) in [7, 11) is 0. The van der Waals surface area contributed by atoms with Crippen LogP contribution in [-0.4, -0.2) is 22.4 Å². The lowest BCUT2D eigenvalue weighted by Gasteiger charge is -2.32. The van der Waals surface area contributed by atoms with Gasteiger partial charge < -0.3 is 5.32 Å². The predicted molar refractivity (Wildman–Crippen MR) is 87.5 cm³/mol. The molecule has 3 rings (SSSR count). The van der Waals surface area contributed by atoms with E-state index in [-0.39, 0.29) is 0 Å². The Hall–Kier alpha value is -0.830. The van der Waals surface area contributed by atoms with E-state index in [2.05, 4.69) is 29.2 Å². The smallest absolute Gasteiger partial charge is 0.0628 e. The van der Waals surface area contributed by atoms with E-state index in [4.69, 9.17) is 5.10 Å². The summed E-state index contributed by atoms with van der Waals surface area (Å²) in [4.78, 5) is 0. The van der Waals surface area contributed by atoms with Crippen LogP contribution >= 0.6 is 0 Å². The average molecular weight is 289 g/mol. The number of aromatic nitrogens is 2. The summed E-state index contributed by atoms with van der Waals surface area (Å²) in [6.07, 6.45) is 15.6. The molecule has 3 nitrogen and oxygen atoms in total. The molecular formula is C18H31N3. The molecule has 0 radical (unpaired) electrons. The van der Waals surface area contributed by atoms with Gasteiger partial charge in [-0.15, -0.1) is 0 Å². The van der Waals surface area contributed by atoms with Crippen LogP contribution in [-0.2, 0) is 6.42 Å². The molecule has 118 valence electrons. The Morgan fingerprint density at radius 3 is 2.71 bits per heavy atom. The maximum atomic E-state index is 4.89. The molecule has 1 aromatic heterocycles. The molecule has 1 N–H and O–H groups in total. The van der Waals surface area contributed by atoms with Crippen LogP contribution < -0.4 is 5.32 Å². The van der Waals surface area contributed by atoms with Gasteiger partial charge in [-0.1, -0.05) is 32.6 Å². The van der Waals surface area contributed by atoms with Crippen LogP contribution in [0.5, 0.6) is 0 Å². The summed E-state index contributed by atoms with van der Waals surface area (Å²) in [6, 6.07) is 3.67. The molecule has 0 aromatic carbocycles. The van der Waals surface area contributed by atoms with Crippen molar-refractivity contribution in [2.75, 3.05) is 6.54 Å². The minimum absolute atomic E-state index is 0.680. The summed E-state index contributed by atoms with van der Waals surface area (Å²) >= 11 is 0. The number of hydrogen-bond acceptors (Lipinski definition) is 2. The molecule has 2 saturated carbocycles. The zero-order valence-corrected chi connectivity index (χ0v) is 13.6. The third-order valence-corrected chi connectivity index (χ3v) is 5.40. The van der Waals surface area contributed by atoms with Gasteiger partial charge in [0, 0.05) is 12.2 Å². The first-order chi connectivity index (χ1) is 10.4. The first-order valence-corrected chi connectivity index (χ1v) is 9.14. The lowest BCUT2D eigenvalue weighted by Crippen LogP contribution is -2.39. The van der Waals surface area contributed by atoms with E-state index in [0.29, 0.717) is 6.04 Å². The van der Waals surface area contributed by atoms with Gasteiger partial charge in [0.05, 0.1) is 11.7 Å². The zero-order chi connectivity index (χ0) is 14.5. The summed E-state index contributed by atoms with van der Waals surface area (Å²) < 4.78 is 2.25. The fourth-order valence-electron chi connectivity index (χ4n) is 4.18. The van der Waals surface area contributed by atoms with Crippen LogP contribution in [0.3, 0.4) is 0 Å². The molecule has 2 unspecified atom stereocenters. The van der Waals surface area contributed by atoms with Crippen molar-refractivity contribution >= 4 is 0 Å². The van der Waals surface area contributed by atoms with Gasteiger partial charge in [0.25, 0.3) is 0 Å². The van der Waals surface area contributed by atoms with Crippen molar-refractivity contribution in [3.8, 4) is 0 Å². The van der Waals surface area contributed by atoms with E-state index in [1.807, 2.05) is 0 Å². The standard InChI is InChI=1S/C18H31N3/c1-2-12-19-18-10-6-3-7-15(18)14-16-11-13-21(20-16)17-8-4-5-9-17/h11,13,15,17-19H,2-10,12,14H2,1H3. The zero-order valence-electron chi connectivity index (χ0n) is 13.6. The van der Waals surface area contributed by atoms with E-state index in [0.717, 1.165) is 18.5 Å². The number of nitrogens with zero attached hydrogens (tertiary/aromatic N) is 2. The van der Waals surface area contributed by atoms with Gasteiger partial charge in [-0.2, -0.15) is 5.10 Å². The van der Waals surface area contributed by atoms with Crippen molar-refractivity contribution in [1.29, 1.82) is 0 Å². The van der Waals surface area contributed by atoms with E-state index in [1.165, 1.54) is 69.9 Å². The summed E-state index contributed by atoms with van der Waals surface area (Å²) in [6.45, 7) is 3.42. The quantitative estimate of drug-likeness (QED) is 0.854. The van der Waals surface area contributed by atoms with Crippen LogP contribution in [0.2, 0.25) is 0 Å². The third kappa shape index (κ3) is 3.88. The molecule has 2 atom stereocenters. The summed E-state index contributed by atoms with van der Waals surface area (Å²) in [5.41, 5.74) is 1.32. The van der Waals surface area contributed by atoms with Crippen molar-refractivity contribution in [2.45, 2.75) is 83.2 Å². The lowest BCUT2D eigenvalue weighted by molar-refractivity contribution is 0.259. The van der Waals surface area contributed by atoms with E-state index in [1.54, 1.807) is 0 Å². The first-order valence-electron chi connectivity index (χ1n) is 9.14. The highest BCUT2D eigenvalue weighted by Gasteiger charge is 2.26. The van der Waals surface area contributed by atoms with Crippen molar-refractivity contribution in [1.82, 2.24) is 15.1 Å². The summed E-state index contributed by atoms with van der Waals surface area (Å²) in [5.74, 6) is 0.789. The van der Waals surface area contributed by atoms with Crippen LogP contribution in [0.25, 0.3) is 0 Å². The fraction of sp³-hybridized carbons (Fsp3) is 0.833. The van der Waals surface area contributed by atoms with Crippen LogP contribution in [0, 0.1) is 5.92 Å². The highest BCUT2D eigenvalue weighted by atomic mass is 15.3. The Kier molecular flexibility index (Phi) is 5.34. The van der Waals surface area contributed by atoms with Crippen molar-refractivity contribution in [2.24, 2.45) is 5.92 Å². The molecule has 1 heterocycles. The Balaban J connectivity index is 1.58. The Bertz CT molecular complexity index is 420. The number of nitrogens with one attached hydrogen (secondary N) is 1. The number of rotatable bonds is 6. The molecule has 2 aliphatic carbocycles. The van der Waals surface area contributed by atoms with Crippen LogP contribution in [0.4, 0.5) is 0 Å². The second-order valence-electron chi connectivity index (χ2n) is 7.03. The maximum absolute atomic E-state index is 4.89. The minimum atomic E-state index is 0.680. The molecule has 2 fully saturated rings. The van der Waals surface area contributed by atoms with Crippen molar-refractivity contribution in [3.05, 3.63) is 18.0 Å². The lowest BCUT2D eigenvalue weighted by atomic mass is 9.81. The molecule has 1 aromatic rings. The number of hydrogen-bond donors (Lipinski definition) is 1.